The van der Waals surface area contributed by atoms with Crippen molar-refractivity contribution < 1.29 is 10.0 Å². The average molecular weight is 293 g/mol. The topological polar surface area (TPSA) is 75.4 Å². The molecule has 0 aliphatic rings. The summed E-state index contributed by atoms with van der Waals surface area (Å²) in [7, 11) is 0. The fraction of sp³-hybridized carbons (Fsp3) is 0.143. The fourth-order valence-electron chi connectivity index (χ4n) is 1.84. The van der Waals surface area contributed by atoms with Crippen molar-refractivity contribution in [2.45, 2.75) is 13.0 Å². The molecule has 0 heterocycles. The third-order valence-corrected chi connectivity index (χ3v) is 3.24. The minimum Gasteiger partial charge on any atom is -0.508 e. The summed E-state index contributed by atoms with van der Waals surface area (Å²) in [5.41, 5.74) is 1.44. The summed E-state index contributed by atoms with van der Waals surface area (Å²) in [6.07, 6.45) is 0. The van der Waals surface area contributed by atoms with E-state index in [1.54, 1.807) is 30.3 Å². The van der Waals surface area contributed by atoms with Crippen molar-refractivity contribution in [2.24, 2.45) is 0 Å². The van der Waals surface area contributed by atoms with Crippen LogP contribution < -0.4 is 5.32 Å². The second-order valence-electron chi connectivity index (χ2n) is 4.38. The van der Waals surface area contributed by atoms with Gasteiger partial charge in [0, 0.05) is 17.8 Å². The van der Waals surface area contributed by atoms with Crippen LogP contribution in [0.2, 0.25) is 5.02 Å². The van der Waals surface area contributed by atoms with Gasteiger partial charge in [0.25, 0.3) is 5.69 Å². The van der Waals surface area contributed by atoms with Crippen LogP contribution in [0.25, 0.3) is 0 Å². The number of rotatable bonds is 4. The molecule has 0 bridgehead atoms. The molecule has 0 aromatic heterocycles. The van der Waals surface area contributed by atoms with Gasteiger partial charge in [0.05, 0.1) is 4.92 Å². The summed E-state index contributed by atoms with van der Waals surface area (Å²) >= 11 is 5.76. The lowest BCUT2D eigenvalue weighted by atomic mass is 10.1. The van der Waals surface area contributed by atoms with Crippen LogP contribution in [0.1, 0.15) is 18.5 Å². The highest BCUT2D eigenvalue weighted by molar-refractivity contribution is 6.32. The summed E-state index contributed by atoms with van der Waals surface area (Å²) in [5, 5.41) is 23.3. The summed E-state index contributed by atoms with van der Waals surface area (Å²) in [4.78, 5) is 10.3. The van der Waals surface area contributed by atoms with Crippen LogP contribution in [0.3, 0.4) is 0 Å². The van der Waals surface area contributed by atoms with E-state index in [4.69, 9.17) is 11.6 Å². The van der Waals surface area contributed by atoms with Crippen LogP contribution in [-0.4, -0.2) is 10.0 Å². The van der Waals surface area contributed by atoms with Gasteiger partial charge in [-0.2, -0.15) is 0 Å². The maximum atomic E-state index is 10.8. The summed E-state index contributed by atoms with van der Waals surface area (Å²) < 4.78 is 0. The van der Waals surface area contributed by atoms with Crippen molar-refractivity contribution in [2.75, 3.05) is 5.32 Å². The van der Waals surface area contributed by atoms with Crippen LogP contribution in [-0.2, 0) is 0 Å². The molecule has 0 fully saturated rings. The summed E-state index contributed by atoms with van der Waals surface area (Å²) in [6, 6.07) is 11.3. The molecule has 104 valence electrons. The summed E-state index contributed by atoms with van der Waals surface area (Å²) in [5.74, 6) is 0.197. The van der Waals surface area contributed by atoms with Crippen molar-refractivity contribution in [3.8, 4) is 5.75 Å². The van der Waals surface area contributed by atoms with Crippen LogP contribution in [0, 0.1) is 10.1 Å². The number of halogens is 1. The molecule has 0 aliphatic carbocycles. The van der Waals surface area contributed by atoms with Crippen molar-refractivity contribution in [3.05, 3.63) is 63.2 Å². The number of nitrogens with zero attached hydrogens (tertiary/aromatic N) is 1. The number of aromatic hydroxyl groups is 1. The van der Waals surface area contributed by atoms with Crippen LogP contribution >= 0.6 is 11.6 Å². The van der Waals surface area contributed by atoms with Gasteiger partial charge in [0.2, 0.25) is 0 Å². The van der Waals surface area contributed by atoms with Gasteiger partial charge in [-0.05, 0) is 36.8 Å². The van der Waals surface area contributed by atoms with Crippen molar-refractivity contribution >= 4 is 23.0 Å². The molecule has 0 aliphatic heterocycles. The van der Waals surface area contributed by atoms with Crippen molar-refractivity contribution in [1.82, 2.24) is 0 Å². The second kappa shape index (κ2) is 5.79. The highest BCUT2D eigenvalue weighted by Crippen LogP contribution is 2.29. The fourth-order valence-corrected chi connectivity index (χ4v) is 2.03. The van der Waals surface area contributed by atoms with E-state index in [2.05, 4.69) is 5.32 Å². The number of hydrogen-bond acceptors (Lipinski definition) is 4. The molecule has 2 N–H and O–H groups in total. The number of hydrogen-bond donors (Lipinski definition) is 2. The van der Waals surface area contributed by atoms with E-state index >= 15 is 0 Å². The zero-order chi connectivity index (χ0) is 14.7. The van der Waals surface area contributed by atoms with Gasteiger partial charge < -0.3 is 10.4 Å². The SMILES string of the molecule is CC(Nc1ccc(Cl)c([N+](=O)[O-])c1)c1ccc(O)cc1. The third-order valence-electron chi connectivity index (χ3n) is 2.92. The first-order valence-corrected chi connectivity index (χ1v) is 6.34. The van der Waals surface area contributed by atoms with Gasteiger partial charge in [-0.25, -0.2) is 0 Å². The van der Waals surface area contributed by atoms with E-state index in [1.807, 2.05) is 6.92 Å². The number of anilines is 1. The average Bonchev–Trinajstić information content (AvgIpc) is 2.41. The minimum atomic E-state index is -0.515. The predicted octanol–water partition coefficient (Wildman–Crippen LogP) is 4.13. The van der Waals surface area contributed by atoms with E-state index in [0.717, 1.165) is 5.56 Å². The largest absolute Gasteiger partial charge is 0.508 e. The first kappa shape index (κ1) is 14.1. The minimum absolute atomic E-state index is 0.0589. The lowest BCUT2D eigenvalue weighted by molar-refractivity contribution is -0.384. The Hall–Kier alpha value is -2.27. The smallest absolute Gasteiger partial charge is 0.289 e. The quantitative estimate of drug-likeness (QED) is 0.656. The number of phenols is 1. The van der Waals surface area contributed by atoms with Gasteiger partial charge >= 0.3 is 0 Å². The molecule has 0 saturated heterocycles. The van der Waals surface area contributed by atoms with Gasteiger partial charge in [0.1, 0.15) is 10.8 Å². The zero-order valence-corrected chi connectivity index (χ0v) is 11.5. The second-order valence-corrected chi connectivity index (χ2v) is 4.79. The lowest BCUT2D eigenvalue weighted by Gasteiger charge is -2.15. The summed E-state index contributed by atoms with van der Waals surface area (Å²) in [6.45, 7) is 1.92. The Morgan fingerprint density at radius 2 is 1.90 bits per heavy atom. The normalized spacial score (nSPS) is 11.9. The molecule has 0 saturated carbocycles. The predicted molar refractivity (Wildman–Crippen MR) is 78.3 cm³/mol. The number of nitro benzene ring substituents is 1. The Kier molecular flexibility index (Phi) is 4.10. The standard InChI is InChI=1S/C14H13ClN2O3/c1-9(10-2-5-12(18)6-3-10)16-11-4-7-13(15)14(8-11)17(19)20/h2-9,16,18H,1H3. The molecule has 1 atom stereocenters. The lowest BCUT2D eigenvalue weighted by Crippen LogP contribution is -2.06. The van der Waals surface area contributed by atoms with Gasteiger partial charge in [-0.15, -0.1) is 0 Å². The molecular formula is C14H13ClN2O3. The van der Waals surface area contributed by atoms with E-state index in [1.165, 1.54) is 12.1 Å². The van der Waals surface area contributed by atoms with E-state index in [9.17, 15) is 15.2 Å². The molecule has 0 amide bonds. The molecule has 2 aromatic rings. The number of phenolic OH excluding ortho intramolecular Hbond substituents is 1. The molecule has 2 aromatic carbocycles. The van der Waals surface area contributed by atoms with Crippen molar-refractivity contribution in [3.63, 3.8) is 0 Å². The monoisotopic (exact) mass is 292 g/mol. The first-order chi connectivity index (χ1) is 9.47. The van der Waals surface area contributed by atoms with E-state index in [-0.39, 0.29) is 22.5 Å². The highest BCUT2D eigenvalue weighted by Gasteiger charge is 2.14. The maximum absolute atomic E-state index is 10.8. The van der Waals surface area contributed by atoms with Gasteiger partial charge in [0.15, 0.2) is 0 Å². The van der Waals surface area contributed by atoms with Gasteiger partial charge in [-0.3, -0.25) is 10.1 Å². The van der Waals surface area contributed by atoms with Crippen LogP contribution in [0.15, 0.2) is 42.5 Å². The van der Waals surface area contributed by atoms with Crippen LogP contribution in [0.4, 0.5) is 11.4 Å². The van der Waals surface area contributed by atoms with Gasteiger partial charge in [-0.1, -0.05) is 23.7 Å². The molecule has 0 radical (unpaired) electrons. The first-order valence-electron chi connectivity index (χ1n) is 5.97. The Labute approximate surface area is 121 Å². The molecule has 20 heavy (non-hydrogen) atoms. The Morgan fingerprint density at radius 1 is 1.25 bits per heavy atom. The molecule has 5 nitrogen and oxygen atoms in total. The third kappa shape index (κ3) is 3.19. The van der Waals surface area contributed by atoms with Crippen LogP contribution in [0.5, 0.6) is 5.75 Å². The molecular weight excluding hydrogens is 280 g/mol. The number of nitro groups is 1. The Bertz CT molecular complexity index is 629. The van der Waals surface area contributed by atoms with E-state index < -0.39 is 4.92 Å². The maximum Gasteiger partial charge on any atom is 0.289 e. The molecule has 6 heteroatoms. The van der Waals surface area contributed by atoms with Crippen molar-refractivity contribution in [1.29, 1.82) is 0 Å². The molecule has 1 unspecified atom stereocenters. The van der Waals surface area contributed by atoms with E-state index in [0.29, 0.717) is 5.69 Å². The zero-order valence-electron chi connectivity index (χ0n) is 10.7. The molecule has 0 spiro atoms. The Balaban J connectivity index is 2.19. The molecule has 2 rings (SSSR count). The highest BCUT2D eigenvalue weighted by atomic mass is 35.5. The number of nitrogens with one attached hydrogen (secondary N) is 1. The number of benzene rings is 2. The Morgan fingerprint density at radius 3 is 2.50 bits per heavy atom.